The lowest BCUT2D eigenvalue weighted by Crippen LogP contribution is -2.04. The van der Waals surface area contributed by atoms with Crippen molar-refractivity contribution in [3.63, 3.8) is 0 Å². The van der Waals surface area contributed by atoms with Crippen LogP contribution in [0.4, 0.5) is 10.2 Å². The minimum Gasteiger partial charge on any atom is -0.373 e. The minimum atomic E-state index is -0.195. The number of nitrogens with zero attached hydrogens (tertiary/aromatic N) is 2. The van der Waals surface area contributed by atoms with E-state index in [2.05, 4.69) is 10.3 Å². The van der Waals surface area contributed by atoms with Crippen LogP contribution in [0, 0.1) is 12.7 Å². The molecule has 1 aromatic carbocycles. The first-order chi connectivity index (χ1) is 10.2. The van der Waals surface area contributed by atoms with Gasteiger partial charge in [-0.15, -0.1) is 0 Å². The second kappa shape index (κ2) is 5.80. The highest BCUT2D eigenvalue weighted by molar-refractivity contribution is 5.59. The highest BCUT2D eigenvalue weighted by Crippen LogP contribution is 2.34. The smallest absolute Gasteiger partial charge is 0.161 e. The average Bonchev–Trinajstić information content (AvgIpc) is 3.04. The van der Waals surface area contributed by atoms with Gasteiger partial charge in [0.2, 0.25) is 0 Å². The highest BCUT2D eigenvalue weighted by atomic mass is 19.1. The first kappa shape index (κ1) is 14.0. The Morgan fingerprint density at radius 2 is 1.90 bits per heavy atom. The van der Waals surface area contributed by atoms with Crippen LogP contribution in [-0.4, -0.2) is 17.0 Å². The molecule has 3 rings (SSSR count). The lowest BCUT2D eigenvalue weighted by Gasteiger charge is -2.12. The molecule has 1 aliphatic carbocycles. The summed E-state index contributed by atoms with van der Waals surface area (Å²) >= 11 is 0. The number of hydrogen-bond donors (Lipinski definition) is 1. The van der Waals surface area contributed by atoms with Crippen molar-refractivity contribution < 1.29 is 4.39 Å². The summed E-state index contributed by atoms with van der Waals surface area (Å²) in [5.74, 6) is 1.83. The molecule has 1 N–H and O–H groups in total. The molecule has 0 amide bonds. The Morgan fingerprint density at radius 3 is 2.57 bits per heavy atom. The van der Waals surface area contributed by atoms with Gasteiger partial charge in [0, 0.05) is 30.3 Å². The minimum absolute atomic E-state index is 0.195. The molecule has 0 bridgehead atoms. The maximum atomic E-state index is 13.4. The van der Waals surface area contributed by atoms with E-state index in [1.807, 2.05) is 19.2 Å². The zero-order valence-electron chi connectivity index (χ0n) is 12.5. The molecule has 0 aliphatic heterocycles. The summed E-state index contributed by atoms with van der Waals surface area (Å²) in [6, 6.07) is 7.07. The molecule has 0 saturated heterocycles. The van der Waals surface area contributed by atoms with Crippen LogP contribution in [0.2, 0.25) is 0 Å². The molecule has 110 valence electrons. The van der Waals surface area contributed by atoms with E-state index in [1.54, 1.807) is 13.0 Å². The van der Waals surface area contributed by atoms with Crippen LogP contribution in [0.1, 0.15) is 42.9 Å². The van der Waals surface area contributed by atoms with E-state index in [-0.39, 0.29) is 5.82 Å². The fourth-order valence-electron chi connectivity index (χ4n) is 2.94. The van der Waals surface area contributed by atoms with Crippen molar-refractivity contribution in [2.45, 2.75) is 38.5 Å². The summed E-state index contributed by atoms with van der Waals surface area (Å²) in [6.07, 6.45) is 4.94. The van der Waals surface area contributed by atoms with E-state index in [9.17, 15) is 4.39 Å². The molecule has 1 saturated carbocycles. The third kappa shape index (κ3) is 2.89. The van der Waals surface area contributed by atoms with Gasteiger partial charge in [-0.05, 0) is 43.5 Å². The summed E-state index contributed by atoms with van der Waals surface area (Å²) < 4.78 is 13.4. The molecular formula is C17H20FN3. The molecule has 2 aromatic rings. The number of aromatic nitrogens is 2. The predicted molar refractivity (Wildman–Crippen MR) is 82.9 cm³/mol. The maximum absolute atomic E-state index is 13.4. The number of anilines is 1. The van der Waals surface area contributed by atoms with E-state index in [4.69, 9.17) is 4.98 Å². The van der Waals surface area contributed by atoms with Gasteiger partial charge in [-0.3, -0.25) is 0 Å². The van der Waals surface area contributed by atoms with Gasteiger partial charge in [-0.2, -0.15) is 0 Å². The van der Waals surface area contributed by atoms with Gasteiger partial charge in [0.25, 0.3) is 0 Å². The van der Waals surface area contributed by atoms with Crippen LogP contribution in [0.3, 0.4) is 0 Å². The van der Waals surface area contributed by atoms with Crippen molar-refractivity contribution >= 4 is 5.82 Å². The number of rotatable bonds is 3. The molecule has 0 radical (unpaired) electrons. The SMILES string of the molecule is CNc1cc(C2CCCC2)nc(-c2ccc(F)c(C)c2)n1. The van der Waals surface area contributed by atoms with Crippen LogP contribution < -0.4 is 5.32 Å². The number of nitrogens with one attached hydrogen (secondary N) is 1. The van der Waals surface area contributed by atoms with Crippen molar-refractivity contribution in [3.8, 4) is 11.4 Å². The van der Waals surface area contributed by atoms with Crippen molar-refractivity contribution in [2.24, 2.45) is 0 Å². The lowest BCUT2D eigenvalue weighted by atomic mass is 10.0. The predicted octanol–water partition coefficient (Wildman–Crippen LogP) is 4.29. The normalized spacial score (nSPS) is 15.4. The van der Waals surface area contributed by atoms with E-state index in [1.165, 1.54) is 31.7 Å². The molecule has 0 unspecified atom stereocenters. The lowest BCUT2D eigenvalue weighted by molar-refractivity contribution is 0.618. The standard InChI is InChI=1S/C17H20FN3/c1-11-9-13(7-8-14(11)18)17-20-15(10-16(19-2)21-17)12-5-3-4-6-12/h7-10,12H,3-6H2,1-2H3,(H,19,20,21). The van der Waals surface area contributed by atoms with Gasteiger partial charge >= 0.3 is 0 Å². The largest absolute Gasteiger partial charge is 0.373 e. The van der Waals surface area contributed by atoms with Crippen LogP contribution in [0.5, 0.6) is 0 Å². The number of halogens is 1. The zero-order valence-corrected chi connectivity index (χ0v) is 12.5. The topological polar surface area (TPSA) is 37.8 Å². The Hall–Kier alpha value is -1.97. The highest BCUT2D eigenvalue weighted by Gasteiger charge is 2.20. The first-order valence-electron chi connectivity index (χ1n) is 7.50. The average molecular weight is 285 g/mol. The van der Waals surface area contributed by atoms with Crippen LogP contribution in [0.15, 0.2) is 24.3 Å². The van der Waals surface area contributed by atoms with Gasteiger partial charge in [0.1, 0.15) is 11.6 Å². The van der Waals surface area contributed by atoms with Gasteiger partial charge in [-0.25, -0.2) is 14.4 Å². The van der Waals surface area contributed by atoms with E-state index >= 15 is 0 Å². The molecule has 4 heteroatoms. The maximum Gasteiger partial charge on any atom is 0.161 e. The van der Waals surface area contributed by atoms with Gasteiger partial charge in [0.05, 0.1) is 0 Å². The van der Waals surface area contributed by atoms with Crippen molar-refractivity contribution in [1.82, 2.24) is 9.97 Å². The Labute approximate surface area is 124 Å². The van der Waals surface area contributed by atoms with Crippen molar-refractivity contribution in [1.29, 1.82) is 0 Å². The van der Waals surface area contributed by atoms with E-state index in [0.717, 1.165) is 17.1 Å². The van der Waals surface area contributed by atoms with Gasteiger partial charge in [0.15, 0.2) is 5.82 Å². The molecule has 1 aliphatic rings. The van der Waals surface area contributed by atoms with Gasteiger partial charge < -0.3 is 5.32 Å². The number of hydrogen-bond acceptors (Lipinski definition) is 3. The zero-order chi connectivity index (χ0) is 14.8. The Kier molecular flexibility index (Phi) is 3.86. The first-order valence-corrected chi connectivity index (χ1v) is 7.50. The molecule has 0 spiro atoms. The molecule has 3 nitrogen and oxygen atoms in total. The Morgan fingerprint density at radius 1 is 1.14 bits per heavy atom. The van der Waals surface area contributed by atoms with Crippen LogP contribution >= 0.6 is 0 Å². The molecule has 21 heavy (non-hydrogen) atoms. The van der Waals surface area contributed by atoms with Gasteiger partial charge in [-0.1, -0.05) is 12.8 Å². The summed E-state index contributed by atoms with van der Waals surface area (Å²) in [5.41, 5.74) is 2.59. The summed E-state index contributed by atoms with van der Waals surface area (Å²) in [6.45, 7) is 1.76. The fraction of sp³-hybridized carbons (Fsp3) is 0.412. The Balaban J connectivity index is 2.04. The third-order valence-corrected chi connectivity index (χ3v) is 4.19. The van der Waals surface area contributed by atoms with Crippen molar-refractivity contribution in [2.75, 3.05) is 12.4 Å². The Bertz CT molecular complexity index is 648. The number of aryl methyl sites for hydroxylation is 1. The quantitative estimate of drug-likeness (QED) is 0.914. The van der Waals surface area contributed by atoms with Crippen LogP contribution in [-0.2, 0) is 0 Å². The van der Waals surface area contributed by atoms with Crippen LogP contribution in [0.25, 0.3) is 11.4 Å². The second-order valence-corrected chi connectivity index (χ2v) is 5.70. The third-order valence-electron chi connectivity index (χ3n) is 4.19. The van der Waals surface area contributed by atoms with E-state index < -0.39 is 0 Å². The summed E-state index contributed by atoms with van der Waals surface area (Å²) in [7, 11) is 1.86. The molecule has 1 heterocycles. The second-order valence-electron chi connectivity index (χ2n) is 5.70. The van der Waals surface area contributed by atoms with Crippen molar-refractivity contribution in [3.05, 3.63) is 41.3 Å². The molecule has 1 fully saturated rings. The molecule has 0 atom stereocenters. The fourth-order valence-corrected chi connectivity index (χ4v) is 2.94. The summed E-state index contributed by atoms with van der Waals surface area (Å²) in [5, 5.41) is 3.10. The number of benzene rings is 1. The molecule has 1 aromatic heterocycles. The monoisotopic (exact) mass is 285 g/mol. The molecular weight excluding hydrogens is 265 g/mol. The summed E-state index contributed by atoms with van der Waals surface area (Å²) in [4.78, 5) is 9.25. The van der Waals surface area contributed by atoms with E-state index in [0.29, 0.717) is 17.3 Å².